The van der Waals surface area contributed by atoms with Crippen molar-refractivity contribution in [3.8, 4) is 0 Å². The molecule has 134 valence electrons. The number of hydrogen-bond donors (Lipinski definition) is 2. The average Bonchev–Trinajstić information content (AvgIpc) is 2.63. The maximum absolute atomic E-state index is 13.6. The lowest BCUT2D eigenvalue weighted by Crippen LogP contribution is -2.22. The van der Waals surface area contributed by atoms with E-state index in [4.69, 9.17) is 11.6 Å². The van der Waals surface area contributed by atoms with Crippen LogP contribution in [0.4, 0.5) is 10.1 Å². The Morgan fingerprint density at radius 3 is 2.81 bits per heavy atom. The molecule has 0 aliphatic carbocycles. The van der Waals surface area contributed by atoms with Crippen molar-refractivity contribution in [2.75, 3.05) is 5.32 Å². The zero-order valence-corrected chi connectivity index (χ0v) is 14.9. The molecule has 0 bridgehead atoms. The summed E-state index contributed by atoms with van der Waals surface area (Å²) in [6, 6.07) is 10.7. The third kappa shape index (κ3) is 3.04. The van der Waals surface area contributed by atoms with Crippen molar-refractivity contribution in [3.05, 3.63) is 81.0 Å². The highest BCUT2D eigenvalue weighted by molar-refractivity contribution is 6.35. The van der Waals surface area contributed by atoms with Gasteiger partial charge in [0, 0.05) is 22.7 Å². The molecule has 2 aromatic carbocycles. The summed E-state index contributed by atoms with van der Waals surface area (Å²) in [5.41, 5.74) is 1.55. The first kappa shape index (κ1) is 17.2. The van der Waals surface area contributed by atoms with Gasteiger partial charge in [-0.3, -0.25) is 14.6 Å². The number of nitrogens with zero attached hydrogens (tertiary/aromatic N) is 1. The second-order valence-electron chi connectivity index (χ2n) is 6.12. The molecule has 27 heavy (non-hydrogen) atoms. The molecule has 7 heteroatoms. The van der Waals surface area contributed by atoms with Gasteiger partial charge in [0.05, 0.1) is 21.7 Å². The molecule has 0 radical (unpaired) electrons. The Kier molecular flexibility index (Phi) is 4.12. The summed E-state index contributed by atoms with van der Waals surface area (Å²) in [5, 5.41) is 3.85. The third-order valence-electron chi connectivity index (χ3n) is 4.26. The number of carbonyl (C=O) groups excluding carboxylic acids is 1. The van der Waals surface area contributed by atoms with Crippen LogP contribution in [-0.2, 0) is 0 Å². The molecule has 1 amide bonds. The Balaban J connectivity index is 1.81. The average molecular weight is 382 g/mol. The molecule has 0 saturated carbocycles. The van der Waals surface area contributed by atoms with Gasteiger partial charge in [-0.1, -0.05) is 17.7 Å². The third-order valence-corrected chi connectivity index (χ3v) is 4.57. The number of para-hydroxylation sites is 1. The molecule has 2 aromatic heterocycles. The van der Waals surface area contributed by atoms with Crippen molar-refractivity contribution in [1.29, 1.82) is 0 Å². The van der Waals surface area contributed by atoms with Crippen LogP contribution in [0.15, 0.2) is 53.5 Å². The van der Waals surface area contributed by atoms with Gasteiger partial charge in [-0.25, -0.2) is 4.39 Å². The van der Waals surface area contributed by atoms with Crippen LogP contribution >= 0.6 is 11.6 Å². The van der Waals surface area contributed by atoms with Crippen molar-refractivity contribution in [2.45, 2.75) is 6.92 Å². The first-order chi connectivity index (χ1) is 12.9. The molecule has 4 rings (SSSR count). The maximum atomic E-state index is 13.6. The van der Waals surface area contributed by atoms with Gasteiger partial charge in [-0.15, -0.1) is 0 Å². The van der Waals surface area contributed by atoms with E-state index in [1.807, 2.05) is 0 Å². The minimum absolute atomic E-state index is 0.0659. The summed E-state index contributed by atoms with van der Waals surface area (Å²) in [5.74, 6) is -1.05. The fourth-order valence-electron chi connectivity index (χ4n) is 3.01. The fourth-order valence-corrected chi connectivity index (χ4v) is 3.24. The lowest BCUT2D eigenvalue weighted by atomic mass is 10.1. The number of amides is 1. The van der Waals surface area contributed by atoms with Crippen LogP contribution in [0.2, 0.25) is 5.02 Å². The van der Waals surface area contributed by atoms with E-state index in [-0.39, 0.29) is 5.56 Å². The highest BCUT2D eigenvalue weighted by atomic mass is 35.5. The highest BCUT2D eigenvalue weighted by Gasteiger charge is 2.16. The zero-order chi connectivity index (χ0) is 19.1. The fraction of sp³-hybridized carbons (Fsp3) is 0.0500. The number of anilines is 1. The van der Waals surface area contributed by atoms with Gasteiger partial charge in [0.1, 0.15) is 11.4 Å². The molecule has 4 aromatic rings. The SMILES string of the molecule is Cc1cc(NC(=O)c2c[nH]c3c(Cl)cccc3c2=O)c2cc(F)ccc2n1. The molecular weight excluding hydrogens is 369 g/mol. The topological polar surface area (TPSA) is 74.8 Å². The molecule has 0 aliphatic heterocycles. The molecule has 0 atom stereocenters. The minimum Gasteiger partial charge on any atom is -0.359 e. The van der Waals surface area contributed by atoms with E-state index in [9.17, 15) is 14.0 Å². The van der Waals surface area contributed by atoms with Crippen LogP contribution in [-0.4, -0.2) is 15.9 Å². The van der Waals surface area contributed by atoms with Crippen LogP contribution < -0.4 is 10.7 Å². The van der Waals surface area contributed by atoms with Gasteiger partial charge in [0.15, 0.2) is 0 Å². The molecule has 0 spiro atoms. The Bertz CT molecular complexity index is 1280. The van der Waals surface area contributed by atoms with Gasteiger partial charge in [0.2, 0.25) is 5.43 Å². The predicted octanol–water partition coefficient (Wildman–Crippen LogP) is 4.43. The summed E-state index contributed by atoms with van der Waals surface area (Å²) in [4.78, 5) is 32.6. The Hall–Kier alpha value is -3.25. The number of carbonyl (C=O) groups is 1. The molecule has 0 saturated heterocycles. The van der Waals surface area contributed by atoms with Crippen molar-refractivity contribution in [2.24, 2.45) is 0 Å². The highest BCUT2D eigenvalue weighted by Crippen LogP contribution is 2.25. The van der Waals surface area contributed by atoms with Crippen molar-refractivity contribution in [3.63, 3.8) is 0 Å². The zero-order valence-electron chi connectivity index (χ0n) is 14.1. The molecule has 2 heterocycles. The lowest BCUT2D eigenvalue weighted by molar-refractivity contribution is 0.102. The smallest absolute Gasteiger partial charge is 0.261 e. The number of aryl methyl sites for hydroxylation is 1. The first-order valence-electron chi connectivity index (χ1n) is 8.12. The van der Waals surface area contributed by atoms with E-state index < -0.39 is 17.2 Å². The molecule has 0 unspecified atom stereocenters. The molecule has 0 aliphatic rings. The first-order valence-corrected chi connectivity index (χ1v) is 8.50. The second-order valence-corrected chi connectivity index (χ2v) is 6.53. The summed E-state index contributed by atoms with van der Waals surface area (Å²) < 4.78 is 13.6. The van der Waals surface area contributed by atoms with Crippen molar-refractivity contribution >= 4 is 45.0 Å². The van der Waals surface area contributed by atoms with Gasteiger partial charge in [-0.2, -0.15) is 0 Å². The largest absolute Gasteiger partial charge is 0.359 e. The van der Waals surface area contributed by atoms with Crippen molar-refractivity contribution in [1.82, 2.24) is 9.97 Å². The quantitative estimate of drug-likeness (QED) is 0.539. The van der Waals surface area contributed by atoms with E-state index in [1.54, 1.807) is 31.2 Å². The van der Waals surface area contributed by atoms with Crippen LogP contribution in [0.25, 0.3) is 21.8 Å². The van der Waals surface area contributed by atoms with E-state index in [0.717, 1.165) is 0 Å². The summed E-state index contributed by atoms with van der Waals surface area (Å²) >= 11 is 6.08. The Morgan fingerprint density at radius 2 is 2.00 bits per heavy atom. The number of fused-ring (bicyclic) bond motifs is 2. The number of aromatic amines is 1. The lowest BCUT2D eigenvalue weighted by Gasteiger charge is -2.10. The molecule has 5 nitrogen and oxygen atoms in total. The van der Waals surface area contributed by atoms with Crippen LogP contribution in [0, 0.1) is 12.7 Å². The van der Waals surface area contributed by atoms with Crippen LogP contribution in [0.3, 0.4) is 0 Å². The molecular formula is C20H13ClFN3O2. The number of pyridine rings is 2. The van der Waals surface area contributed by atoms with Crippen molar-refractivity contribution < 1.29 is 9.18 Å². The molecule has 2 N–H and O–H groups in total. The summed E-state index contributed by atoms with van der Waals surface area (Å²) in [6.45, 7) is 1.77. The normalized spacial score (nSPS) is 11.1. The van der Waals surface area contributed by atoms with Gasteiger partial charge < -0.3 is 10.3 Å². The number of rotatable bonds is 2. The number of halogens is 2. The number of hydrogen-bond acceptors (Lipinski definition) is 3. The number of benzene rings is 2. The standard InChI is InChI=1S/C20H13ClFN3O2/c1-10-7-17(13-8-11(22)5-6-16(13)24-10)25-20(27)14-9-23-18-12(19(14)26)3-2-4-15(18)21/h2-9H,1H3,(H,23,26)(H,24,25,27). The molecule has 0 fully saturated rings. The summed E-state index contributed by atoms with van der Waals surface area (Å²) in [6.07, 6.45) is 1.32. The van der Waals surface area contributed by atoms with Crippen LogP contribution in [0.1, 0.15) is 16.1 Å². The van der Waals surface area contributed by atoms with E-state index in [0.29, 0.717) is 38.2 Å². The van der Waals surface area contributed by atoms with Crippen LogP contribution in [0.5, 0.6) is 0 Å². The van der Waals surface area contributed by atoms with Gasteiger partial charge in [-0.05, 0) is 43.3 Å². The predicted molar refractivity (Wildman–Crippen MR) is 104 cm³/mol. The van der Waals surface area contributed by atoms with Gasteiger partial charge in [0.25, 0.3) is 5.91 Å². The summed E-state index contributed by atoms with van der Waals surface area (Å²) in [7, 11) is 0. The Morgan fingerprint density at radius 1 is 1.19 bits per heavy atom. The van der Waals surface area contributed by atoms with E-state index >= 15 is 0 Å². The number of nitrogens with one attached hydrogen (secondary N) is 2. The monoisotopic (exact) mass is 381 g/mol. The Labute approximate surface area is 157 Å². The number of aromatic nitrogens is 2. The van der Waals surface area contributed by atoms with E-state index in [2.05, 4.69) is 15.3 Å². The van der Waals surface area contributed by atoms with Gasteiger partial charge >= 0.3 is 0 Å². The second kappa shape index (κ2) is 6.48. The van der Waals surface area contributed by atoms with E-state index in [1.165, 1.54) is 24.4 Å². The maximum Gasteiger partial charge on any atom is 0.261 e. The minimum atomic E-state index is -0.603. The number of H-pyrrole nitrogens is 1.